The molecule has 5 heterocycles. The highest BCUT2D eigenvalue weighted by atomic mass is 32.2. The highest BCUT2D eigenvalue weighted by Crippen LogP contribution is 2.40. The molecule has 2 aliphatic rings. The maximum absolute atomic E-state index is 13.6. The van der Waals surface area contributed by atoms with E-state index in [1.165, 1.54) is 24.3 Å². The van der Waals surface area contributed by atoms with Gasteiger partial charge in [-0.15, -0.1) is 0 Å². The minimum Gasteiger partial charge on any atom is -0.354 e. The zero-order valence-electron chi connectivity index (χ0n) is 40.9. The molecule has 0 radical (unpaired) electrons. The SMILES string of the molecule is O=[N+]([O-])c1ccc(S(=O)(=O)Nc2ccc(-c3c4nc(c(-c5ccccc5)c5ccc([nH]5)c(-c5ccc(NS(=O)(=O)c6ccc([N+](=O)[O-])cc6[N+](=O)[O-])cc5)c5nc(c(-c6ccccc6)c6ccc3[nH]6)C=C5)C=C4)cc2)c([N+](=O)[O-])c1. The van der Waals surface area contributed by atoms with Crippen LogP contribution in [0.1, 0.15) is 22.8 Å². The summed E-state index contributed by atoms with van der Waals surface area (Å²) in [4.78, 5) is 59.0. The van der Waals surface area contributed by atoms with Crippen molar-refractivity contribution in [1.82, 2.24) is 19.9 Å². The van der Waals surface area contributed by atoms with Gasteiger partial charge >= 0.3 is 0 Å². The quantitative estimate of drug-likeness (QED) is 0.0581. The number of rotatable bonds is 14. The molecule has 11 rings (SSSR count). The van der Waals surface area contributed by atoms with Crippen molar-refractivity contribution in [2.75, 3.05) is 9.44 Å². The Hall–Kier alpha value is -11.0. The highest BCUT2D eigenvalue weighted by molar-refractivity contribution is 7.93. The minimum absolute atomic E-state index is 0.0447. The van der Waals surface area contributed by atoms with Crippen molar-refractivity contribution in [1.29, 1.82) is 0 Å². The Morgan fingerprint density at radius 1 is 0.362 bits per heavy atom. The number of H-pyrrole nitrogens is 2. The first-order chi connectivity index (χ1) is 38.4. The van der Waals surface area contributed by atoms with Crippen molar-refractivity contribution in [2.45, 2.75) is 9.79 Å². The maximum atomic E-state index is 13.6. The average Bonchev–Trinajstić information content (AvgIpc) is 4.34. The van der Waals surface area contributed by atoms with Gasteiger partial charge < -0.3 is 9.97 Å². The van der Waals surface area contributed by atoms with E-state index in [9.17, 15) is 57.3 Å². The fourth-order valence-corrected chi connectivity index (χ4v) is 11.9. The van der Waals surface area contributed by atoms with Crippen LogP contribution in [0.2, 0.25) is 0 Å². The summed E-state index contributed by atoms with van der Waals surface area (Å²) in [6.45, 7) is 0. The van der Waals surface area contributed by atoms with Crippen molar-refractivity contribution in [3.05, 3.63) is 233 Å². The number of nitrogens with zero attached hydrogens (tertiary/aromatic N) is 6. The number of nitro benzene ring substituents is 4. The van der Waals surface area contributed by atoms with Crippen molar-refractivity contribution in [3.63, 3.8) is 0 Å². The first-order valence-corrected chi connectivity index (χ1v) is 26.8. The van der Waals surface area contributed by atoms with Crippen molar-refractivity contribution < 1.29 is 36.5 Å². The highest BCUT2D eigenvalue weighted by Gasteiger charge is 2.31. The van der Waals surface area contributed by atoms with E-state index in [4.69, 9.17) is 9.97 Å². The smallest absolute Gasteiger partial charge is 0.296 e. The number of benzene rings is 6. The first kappa shape index (κ1) is 51.1. The Labute approximate surface area is 451 Å². The molecule has 0 saturated heterocycles. The third-order valence-corrected chi connectivity index (χ3v) is 15.9. The Bertz CT molecular complexity index is 4280. The molecule has 394 valence electrons. The molecule has 0 amide bonds. The second-order valence-corrected chi connectivity index (χ2v) is 21.2. The van der Waals surface area contributed by atoms with E-state index in [0.29, 0.717) is 90.4 Å². The number of sulfonamides is 2. The summed E-state index contributed by atoms with van der Waals surface area (Å²) in [6.07, 6.45) is 7.48. The fraction of sp³-hybridized carbons (Fsp3) is 0. The van der Waals surface area contributed by atoms with Gasteiger partial charge in [0.15, 0.2) is 9.79 Å². The van der Waals surface area contributed by atoms with E-state index < -0.39 is 72.3 Å². The second-order valence-electron chi connectivity index (χ2n) is 17.9. The molecule has 0 unspecified atom stereocenters. The van der Waals surface area contributed by atoms with Gasteiger partial charge in [0.25, 0.3) is 42.8 Å². The number of fused-ring (bicyclic) bond motifs is 8. The van der Waals surface area contributed by atoms with Gasteiger partial charge in [-0.25, -0.2) is 26.8 Å². The molecular formula is C56H36N10O12S2. The van der Waals surface area contributed by atoms with E-state index in [2.05, 4.69) is 19.4 Å². The van der Waals surface area contributed by atoms with Crippen LogP contribution in [0.25, 0.3) is 90.9 Å². The molecule has 8 bridgehead atoms. The summed E-state index contributed by atoms with van der Waals surface area (Å²) in [6, 6.07) is 43.9. The molecule has 9 aromatic rings. The van der Waals surface area contributed by atoms with E-state index in [1.54, 1.807) is 24.3 Å². The lowest BCUT2D eigenvalue weighted by Gasteiger charge is -2.10. The number of nitrogens with one attached hydrogen (secondary N) is 4. The van der Waals surface area contributed by atoms with Crippen LogP contribution in [0.4, 0.5) is 34.1 Å². The van der Waals surface area contributed by atoms with Crippen LogP contribution in [0.3, 0.4) is 0 Å². The molecule has 0 aliphatic carbocycles. The molecule has 0 atom stereocenters. The molecule has 2 aliphatic heterocycles. The lowest BCUT2D eigenvalue weighted by atomic mass is 10.0. The summed E-state index contributed by atoms with van der Waals surface area (Å²) in [7, 11) is -9.26. The lowest BCUT2D eigenvalue weighted by molar-refractivity contribution is -0.396. The van der Waals surface area contributed by atoms with Crippen LogP contribution in [0.15, 0.2) is 180 Å². The van der Waals surface area contributed by atoms with Gasteiger partial charge in [-0.3, -0.25) is 49.9 Å². The Kier molecular flexibility index (Phi) is 12.9. The Morgan fingerprint density at radius 3 is 0.950 bits per heavy atom. The third-order valence-electron chi connectivity index (χ3n) is 13.0. The van der Waals surface area contributed by atoms with E-state index in [1.807, 2.05) is 109 Å². The summed E-state index contributed by atoms with van der Waals surface area (Å²) < 4.78 is 59.2. The van der Waals surface area contributed by atoms with E-state index in [-0.39, 0.29) is 11.4 Å². The molecule has 3 aromatic heterocycles. The zero-order valence-corrected chi connectivity index (χ0v) is 42.5. The van der Waals surface area contributed by atoms with Gasteiger partial charge in [-0.05, 0) is 107 Å². The largest absolute Gasteiger partial charge is 0.354 e. The predicted molar refractivity (Wildman–Crippen MR) is 302 cm³/mol. The molecule has 24 heteroatoms. The van der Waals surface area contributed by atoms with Gasteiger partial charge in [0.2, 0.25) is 0 Å². The number of anilines is 2. The van der Waals surface area contributed by atoms with Gasteiger partial charge in [0.05, 0.1) is 54.6 Å². The molecule has 22 nitrogen and oxygen atoms in total. The van der Waals surface area contributed by atoms with Crippen molar-refractivity contribution in [3.8, 4) is 44.5 Å². The summed E-state index contributed by atoms with van der Waals surface area (Å²) in [5.74, 6) is 0. The monoisotopic (exact) mass is 1100 g/mol. The topological polar surface area (TPSA) is 322 Å². The number of non-ortho nitro benzene ring substituents is 2. The van der Waals surface area contributed by atoms with Crippen LogP contribution in [-0.4, -0.2) is 56.5 Å². The van der Waals surface area contributed by atoms with Gasteiger partial charge in [-0.2, -0.15) is 0 Å². The number of aromatic nitrogens is 4. The maximum Gasteiger partial charge on any atom is 0.296 e. The first-order valence-electron chi connectivity index (χ1n) is 23.8. The number of hydrogen-bond acceptors (Lipinski definition) is 14. The van der Waals surface area contributed by atoms with Crippen LogP contribution in [0, 0.1) is 40.5 Å². The molecular weight excluding hydrogens is 1070 g/mol. The van der Waals surface area contributed by atoms with Gasteiger partial charge in [0, 0.05) is 67.8 Å². The van der Waals surface area contributed by atoms with Crippen LogP contribution < -0.4 is 9.44 Å². The van der Waals surface area contributed by atoms with Crippen LogP contribution in [0.5, 0.6) is 0 Å². The normalized spacial score (nSPS) is 12.0. The molecule has 6 aromatic carbocycles. The third kappa shape index (κ3) is 9.76. The summed E-state index contributed by atoms with van der Waals surface area (Å²) in [5.41, 5.74) is 7.06. The summed E-state index contributed by atoms with van der Waals surface area (Å²) >= 11 is 0. The van der Waals surface area contributed by atoms with Gasteiger partial charge in [0.1, 0.15) is 0 Å². The van der Waals surface area contributed by atoms with Crippen LogP contribution >= 0.6 is 0 Å². The van der Waals surface area contributed by atoms with Crippen molar-refractivity contribution in [2.24, 2.45) is 0 Å². The van der Waals surface area contributed by atoms with Gasteiger partial charge in [-0.1, -0.05) is 84.9 Å². The molecule has 0 spiro atoms. The van der Waals surface area contributed by atoms with E-state index in [0.717, 1.165) is 35.4 Å². The number of nitro groups is 4. The van der Waals surface area contributed by atoms with E-state index >= 15 is 0 Å². The minimum atomic E-state index is -4.63. The summed E-state index contributed by atoms with van der Waals surface area (Å²) in [5, 5.41) is 46.5. The predicted octanol–water partition coefficient (Wildman–Crippen LogP) is 12.6. The molecule has 0 saturated carbocycles. The standard InChI is InChI=1S/C56H36N10O12S2/c67-63(68)39-19-29-51(49(31-39)65(71)72)79(75,76)61-37-15-11-35(12-16-37)55-45-25-21-41(57-45)53(33-7-3-1-4-8-33)42-22-26-46(58-42)56(48-28-24-44(60-48)54(34-9-5-2-6-10-34)43-23-27-47(55)59-43)36-13-17-38(18-14-36)62-80(77,78)52-30-20-40(64(69)70)32-50(52)66(73)74/h1-32,57,60-62H. The Morgan fingerprint density at radius 2 is 0.662 bits per heavy atom. The molecule has 4 N–H and O–H groups in total. The van der Waals surface area contributed by atoms with Crippen LogP contribution in [-0.2, 0) is 20.0 Å². The zero-order chi connectivity index (χ0) is 56.0. The van der Waals surface area contributed by atoms with Crippen molar-refractivity contribution >= 4 is 101 Å². The fourth-order valence-electron chi connectivity index (χ4n) is 9.44. The lowest BCUT2D eigenvalue weighted by Crippen LogP contribution is -2.15. The number of hydrogen-bond donors (Lipinski definition) is 4. The number of aromatic amines is 2. The second kappa shape index (κ2) is 20.2. The molecule has 80 heavy (non-hydrogen) atoms. The average molecular weight is 1110 g/mol. The molecule has 0 fully saturated rings. The Balaban J connectivity index is 1.08.